The first-order valence-corrected chi connectivity index (χ1v) is 12.6. The number of benzene rings is 1. The maximum absolute atomic E-state index is 13.1. The lowest BCUT2D eigenvalue weighted by Crippen LogP contribution is -2.56. The van der Waals surface area contributed by atoms with Gasteiger partial charge in [0.2, 0.25) is 5.91 Å². The highest BCUT2D eigenvalue weighted by Gasteiger charge is 2.53. The zero-order valence-electron chi connectivity index (χ0n) is 17.9. The summed E-state index contributed by atoms with van der Waals surface area (Å²) >= 11 is 3.41. The van der Waals surface area contributed by atoms with Crippen LogP contribution in [-0.4, -0.2) is 35.8 Å². The van der Waals surface area contributed by atoms with Crippen LogP contribution in [0.15, 0.2) is 28.7 Å². The number of likely N-dealkylation sites (tertiary alicyclic amines) is 1. The average molecular weight is 473 g/mol. The molecule has 1 aromatic carbocycles. The molecular weight excluding hydrogens is 440 g/mol. The summed E-state index contributed by atoms with van der Waals surface area (Å²) in [7, 11) is 0. The molecule has 1 N–H and O–H groups in total. The summed E-state index contributed by atoms with van der Waals surface area (Å²) < 4.78 is 0.975. The average Bonchev–Trinajstić information content (AvgIpc) is 2.73. The summed E-state index contributed by atoms with van der Waals surface area (Å²) in [5.74, 6) is 3.04. The number of rotatable bonds is 4. The Hall–Kier alpha value is -1.36. The second-order valence-corrected chi connectivity index (χ2v) is 11.5. The van der Waals surface area contributed by atoms with E-state index in [0.717, 1.165) is 40.6 Å². The molecule has 5 aliphatic rings. The number of nitrogens with one attached hydrogen (secondary N) is 1. The van der Waals surface area contributed by atoms with E-state index in [1.165, 1.54) is 38.5 Å². The molecule has 0 unspecified atom stereocenters. The topological polar surface area (TPSA) is 49.4 Å². The molecule has 6 rings (SSSR count). The van der Waals surface area contributed by atoms with Gasteiger partial charge in [-0.1, -0.05) is 15.9 Å². The third-order valence-corrected chi connectivity index (χ3v) is 9.14. The Morgan fingerprint density at radius 3 is 2.07 bits per heavy atom. The van der Waals surface area contributed by atoms with Crippen molar-refractivity contribution < 1.29 is 9.59 Å². The van der Waals surface area contributed by atoms with E-state index in [4.69, 9.17) is 0 Å². The minimum absolute atomic E-state index is 0.0373. The van der Waals surface area contributed by atoms with E-state index < -0.39 is 0 Å². The standard InChI is InChI=1S/C25H33BrN2O2/c1-16(25-13-17-10-18(14-25)12-19(11-17)15-25)27-23(29)20-6-8-28(9-7-20)24(30)21-2-4-22(26)5-3-21/h2-5,16-20H,6-15H2,1H3,(H,27,29)/t16-,17?,18?,19?,25?/m0/s1. The molecule has 2 amide bonds. The second kappa shape index (κ2) is 7.96. The van der Waals surface area contributed by atoms with E-state index in [2.05, 4.69) is 28.2 Å². The summed E-state index contributed by atoms with van der Waals surface area (Å²) in [5.41, 5.74) is 1.07. The smallest absolute Gasteiger partial charge is 0.253 e. The lowest BCUT2D eigenvalue weighted by molar-refractivity contribution is -0.131. The fraction of sp³-hybridized carbons (Fsp3) is 0.680. The van der Waals surface area contributed by atoms with Gasteiger partial charge in [-0.25, -0.2) is 0 Å². The van der Waals surface area contributed by atoms with E-state index in [1.54, 1.807) is 0 Å². The van der Waals surface area contributed by atoms with Crippen molar-refractivity contribution in [2.75, 3.05) is 13.1 Å². The predicted molar refractivity (Wildman–Crippen MR) is 121 cm³/mol. The summed E-state index contributed by atoms with van der Waals surface area (Å²) in [5, 5.41) is 3.44. The molecule has 4 aliphatic carbocycles. The van der Waals surface area contributed by atoms with Crippen LogP contribution in [0.2, 0.25) is 0 Å². The molecule has 0 radical (unpaired) electrons. The van der Waals surface area contributed by atoms with Crippen LogP contribution in [-0.2, 0) is 4.79 Å². The molecule has 4 nitrogen and oxygen atoms in total. The third-order valence-electron chi connectivity index (χ3n) is 8.61. The maximum atomic E-state index is 13.1. The van der Waals surface area contributed by atoms with Crippen LogP contribution in [0, 0.1) is 29.1 Å². The van der Waals surface area contributed by atoms with Gasteiger partial charge in [0.1, 0.15) is 0 Å². The van der Waals surface area contributed by atoms with Gasteiger partial charge in [0.05, 0.1) is 0 Å². The van der Waals surface area contributed by atoms with Gasteiger partial charge in [-0.3, -0.25) is 9.59 Å². The van der Waals surface area contributed by atoms with Crippen LogP contribution in [0.25, 0.3) is 0 Å². The number of carbonyl (C=O) groups excluding carboxylic acids is 2. The normalized spacial score (nSPS) is 34.1. The number of carbonyl (C=O) groups is 2. The third kappa shape index (κ3) is 3.83. The predicted octanol–water partition coefficient (Wildman–Crippen LogP) is 5.02. The van der Waals surface area contributed by atoms with Gasteiger partial charge < -0.3 is 10.2 Å². The SMILES string of the molecule is C[C@H](NC(=O)C1CCN(C(=O)c2ccc(Br)cc2)CC1)C12CC3CC(CC(C3)C1)C2. The highest BCUT2D eigenvalue weighted by atomic mass is 79.9. The van der Waals surface area contributed by atoms with Crippen LogP contribution in [0.5, 0.6) is 0 Å². The summed E-state index contributed by atoms with van der Waals surface area (Å²) in [4.78, 5) is 27.7. The monoisotopic (exact) mass is 472 g/mol. The van der Waals surface area contributed by atoms with Crippen molar-refractivity contribution in [2.24, 2.45) is 29.1 Å². The molecule has 5 fully saturated rings. The Kier molecular flexibility index (Phi) is 5.45. The Balaban J connectivity index is 1.15. The molecule has 30 heavy (non-hydrogen) atoms. The van der Waals surface area contributed by atoms with Crippen LogP contribution >= 0.6 is 15.9 Å². The van der Waals surface area contributed by atoms with Crippen molar-refractivity contribution in [2.45, 2.75) is 64.3 Å². The van der Waals surface area contributed by atoms with E-state index in [1.807, 2.05) is 29.2 Å². The molecule has 1 saturated heterocycles. The minimum Gasteiger partial charge on any atom is -0.353 e. The molecule has 162 valence electrons. The quantitative estimate of drug-likeness (QED) is 0.668. The lowest BCUT2D eigenvalue weighted by atomic mass is 9.48. The first-order chi connectivity index (χ1) is 14.4. The molecule has 1 heterocycles. The number of hydrogen-bond acceptors (Lipinski definition) is 2. The Bertz CT molecular complexity index is 778. The van der Waals surface area contributed by atoms with E-state index in [0.29, 0.717) is 18.5 Å². The van der Waals surface area contributed by atoms with Gasteiger partial charge in [-0.15, -0.1) is 0 Å². The van der Waals surface area contributed by atoms with Crippen LogP contribution < -0.4 is 5.32 Å². The largest absolute Gasteiger partial charge is 0.353 e. The van der Waals surface area contributed by atoms with Crippen molar-refractivity contribution >= 4 is 27.7 Å². The summed E-state index contributed by atoms with van der Waals surface area (Å²) in [6, 6.07) is 7.80. The van der Waals surface area contributed by atoms with Crippen molar-refractivity contribution in [3.05, 3.63) is 34.3 Å². The van der Waals surface area contributed by atoms with Gasteiger partial charge in [0, 0.05) is 35.1 Å². The minimum atomic E-state index is 0.0373. The maximum Gasteiger partial charge on any atom is 0.253 e. The Morgan fingerprint density at radius 1 is 1.00 bits per heavy atom. The lowest BCUT2D eigenvalue weighted by Gasteiger charge is -2.59. The summed E-state index contributed by atoms with van der Waals surface area (Å²) in [6.45, 7) is 3.59. The first-order valence-electron chi connectivity index (χ1n) is 11.8. The summed E-state index contributed by atoms with van der Waals surface area (Å²) in [6.07, 6.45) is 9.80. The van der Waals surface area contributed by atoms with Crippen LogP contribution in [0.1, 0.15) is 68.6 Å². The molecule has 0 spiro atoms. The molecule has 4 saturated carbocycles. The van der Waals surface area contributed by atoms with Crippen LogP contribution in [0.4, 0.5) is 0 Å². The van der Waals surface area contributed by atoms with Gasteiger partial charge in [-0.2, -0.15) is 0 Å². The molecule has 1 atom stereocenters. The van der Waals surface area contributed by atoms with Gasteiger partial charge in [0.25, 0.3) is 5.91 Å². The van der Waals surface area contributed by atoms with Crippen molar-refractivity contribution in [1.82, 2.24) is 10.2 Å². The Morgan fingerprint density at radius 2 is 1.53 bits per heavy atom. The second-order valence-electron chi connectivity index (χ2n) is 10.6. The molecule has 0 aromatic heterocycles. The Labute approximate surface area is 188 Å². The number of amides is 2. The number of piperidine rings is 1. The van der Waals surface area contributed by atoms with Gasteiger partial charge in [0.15, 0.2) is 0 Å². The molecule has 1 aromatic rings. The van der Waals surface area contributed by atoms with Gasteiger partial charge in [-0.05, 0) is 106 Å². The highest BCUT2D eigenvalue weighted by Crippen LogP contribution is 2.61. The van der Waals surface area contributed by atoms with Crippen molar-refractivity contribution in [3.8, 4) is 0 Å². The molecule has 5 heteroatoms. The van der Waals surface area contributed by atoms with Crippen molar-refractivity contribution in [3.63, 3.8) is 0 Å². The fourth-order valence-electron chi connectivity index (χ4n) is 7.31. The zero-order valence-corrected chi connectivity index (χ0v) is 19.5. The fourth-order valence-corrected chi connectivity index (χ4v) is 7.58. The van der Waals surface area contributed by atoms with E-state index in [-0.39, 0.29) is 23.8 Å². The molecular formula is C25H33BrN2O2. The molecule has 4 bridgehead atoms. The van der Waals surface area contributed by atoms with E-state index in [9.17, 15) is 9.59 Å². The van der Waals surface area contributed by atoms with Crippen LogP contribution in [0.3, 0.4) is 0 Å². The highest BCUT2D eigenvalue weighted by molar-refractivity contribution is 9.10. The van der Waals surface area contributed by atoms with Gasteiger partial charge >= 0.3 is 0 Å². The van der Waals surface area contributed by atoms with Crippen molar-refractivity contribution in [1.29, 1.82) is 0 Å². The number of nitrogens with zero attached hydrogens (tertiary/aromatic N) is 1. The zero-order chi connectivity index (χ0) is 20.9. The number of hydrogen-bond donors (Lipinski definition) is 1. The van der Waals surface area contributed by atoms with E-state index >= 15 is 0 Å². The number of halogens is 1. The molecule has 1 aliphatic heterocycles. The first kappa shape index (κ1) is 20.5.